The highest BCUT2D eigenvalue weighted by Crippen LogP contribution is 2.17. The standard InChI is InChI=1S/C12H12N2O3/c1-2-17-12(16)8-4-3-7-5-10(11(13)15)14-9(7)6-8/h3-6,14H,2H2,1H3,(H2,13,15). The predicted octanol–water partition coefficient (Wildman–Crippen LogP) is 1.44. The first kappa shape index (κ1) is 11.2. The van der Waals surface area contributed by atoms with Crippen molar-refractivity contribution in [2.75, 3.05) is 6.61 Å². The molecule has 5 heteroatoms. The number of esters is 1. The maximum absolute atomic E-state index is 11.5. The summed E-state index contributed by atoms with van der Waals surface area (Å²) < 4.78 is 4.89. The predicted molar refractivity (Wildman–Crippen MR) is 62.8 cm³/mol. The van der Waals surface area contributed by atoms with Gasteiger partial charge in [-0.1, -0.05) is 6.07 Å². The number of aromatic nitrogens is 1. The van der Waals surface area contributed by atoms with Crippen molar-refractivity contribution >= 4 is 22.8 Å². The molecule has 17 heavy (non-hydrogen) atoms. The fourth-order valence-electron chi connectivity index (χ4n) is 1.60. The molecule has 2 aromatic rings. The Labute approximate surface area is 97.6 Å². The minimum Gasteiger partial charge on any atom is -0.462 e. The van der Waals surface area contributed by atoms with Gasteiger partial charge >= 0.3 is 5.97 Å². The fraction of sp³-hybridized carbons (Fsp3) is 0.167. The Balaban J connectivity index is 2.43. The highest BCUT2D eigenvalue weighted by atomic mass is 16.5. The third-order valence-corrected chi connectivity index (χ3v) is 2.40. The molecule has 0 aliphatic carbocycles. The van der Waals surface area contributed by atoms with Gasteiger partial charge in [0.25, 0.3) is 5.91 Å². The van der Waals surface area contributed by atoms with E-state index in [4.69, 9.17) is 10.5 Å². The number of benzene rings is 1. The first-order valence-electron chi connectivity index (χ1n) is 5.21. The summed E-state index contributed by atoms with van der Waals surface area (Å²) in [6, 6.07) is 6.68. The molecular formula is C12H12N2O3. The Hall–Kier alpha value is -2.30. The molecule has 0 saturated heterocycles. The third kappa shape index (κ3) is 2.13. The second-order valence-corrected chi connectivity index (χ2v) is 3.57. The van der Waals surface area contributed by atoms with Crippen LogP contribution < -0.4 is 5.73 Å². The Bertz CT molecular complexity index is 586. The highest BCUT2D eigenvalue weighted by Gasteiger charge is 2.10. The number of hydrogen-bond donors (Lipinski definition) is 2. The van der Waals surface area contributed by atoms with Gasteiger partial charge in [0.1, 0.15) is 5.69 Å². The average molecular weight is 232 g/mol. The summed E-state index contributed by atoms with van der Waals surface area (Å²) in [7, 11) is 0. The topological polar surface area (TPSA) is 85.2 Å². The minimum absolute atomic E-state index is 0.320. The lowest BCUT2D eigenvalue weighted by Gasteiger charge is -2.01. The molecule has 0 aliphatic rings. The van der Waals surface area contributed by atoms with Gasteiger partial charge in [-0.25, -0.2) is 4.79 Å². The minimum atomic E-state index is -0.529. The van der Waals surface area contributed by atoms with E-state index in [2.05, 4.69) is 4.98 Å². The van der Waals surface area contributed by atoms with Crippen LogP contribution in [0.25, 0.3) is 10.9 Å². The van der Waals surface area contributed by atoms with Crippen LogP contribution in [0.15, 0.2) is 24.3 Å². The van der Waals surface area contributed by atoms with Crippen LogP contribution in [0.2, 0.25) is 0 Å². The van der Waals surface area contributed by atoms with Crippen molar-refractivity contribution in [3.63, 3.8) is 0 Å². The molecule has 0 radical (unpaired) electrons. The van der Waals surface area contributed by atoms with Crippen LogP contribution in [-0.2, 0) is 4.74 Å². The zero-order chi connectivity index (χ0) is 12.4. The number of primary amides is 1. The van der Waals surface area contributed by atoms with E-state index in [0.29, 0.717) is 23.4 Å². The van der Waals surface area contributed by atoms with Gasteiger partial charge in [0.15, 0.2) is 0 Å². The summed E-state index contributed by atoms with van der Waals surface area (Å²) in [5.74, 6) is -0.913. The summed E-state index contributed by atoms with van der Waals surface area (Å²) in [5.41, 5.74) is 6.61. The molecule has 2 rings (SSSR count). The quantitative estimate of drug-likeness (QED) is 0.785. The summed E-state index contributed by atoms with van der Waals surface area (Å²) in [4.78, 5) is 25.3. The van der Waals surface area contributed by atoms with Crippen molar-refractivity contribution in [1.82, 2.24) is 4.98 Å². The first-order valence-corrected chi connectivity index (χ1v) is 5.21. The van der Waals surface area contributed by atoms with E-state index in [9.17, 15) is 9.59 Å². The number of amides is 1. The van der Waals surface area contributed by atoms with E-state index < -0.39 is 5.91 Å². The van der Waals surface area contributed by atoms with Crippen LogP contribution in [-0.4, -0.2) is 23.5 Å². The SMILES string of the molecule is CCOC(=O)c1ccc2cc(C(N)=O)[nH]c2c1. The zero-order valence-electron chi connectivity index (χ0n) is 9.32. The van der Waals surface area contributed by atoms with Gasteiger partial charge in [-0.3, -0.25) is 4.79 Å². The number of carbonyl (C=O) groups is 2. The zero-order valence-corrected chi connectivity index (χ0v) is 9.32. The number of carbonyl (C=O) groups excluding carboxylic acids is 2. The molecule has 0 fully saturated rings. The summed E-state index contributed by atoms with van der Waals surface area (Å²) >= 11 is 0. The molecule has 0 unspecified atom stereocenters. The van der Waals surface area contributed by atoms with Crippen molar-refractivity contribution in [3.8, 4) is 0 Å². The number of nitrogens with two attached hydrogens (primary N) is 1. The molecule has 0 atom stereocenters. The third-order valence-electron chi connectivity index (χ3n) is 2.40. The van der Waals surface area contributed by atoms with Crippen LogP contribution >= 0.6 is 0 Å². The molecule has 3 N–H and O–H groups in total. The van der Waals surface area contributed by atoms with Crippen LogP contribution in [0.1, 0.15) is 27.8 Å². The Kier molecular flexibility index (Phi) is 2.82. The number of hydrogen-bond acceptors (Lipinski definition) is 3. The van der Waals surface area contributed by atoms with Crippen LogP contribution in [0, 0.1) is 0 Å². The summed E-state index contributed by atoms with van der Waals surface area (Å²) in [5, 5.41) is 0.826. The molecule has 1 heterocycles. The number of fused-ring (bicyclic) bond motifs is 1. The number of nitrogens with one attached hydrogen (secondary N) is 1. The largest absolute Gasteiger partial charge is 0.462 e. The molecule has 0 bridgehead atoms. The molecule has 5 nitrogen and oxygen atoms in total. The van der Waals surface area contributed by atoms with Crippen LogP contribution in [0.3, 0.4) is 0 Å². The second-order valence-electron chi connectivity index (χ2n) is 3.57. The molecule has 0 saturated carbocycles. The Morgan fingerprint density at radius 2 is 2.12 bits per heavy atom. The number of aromatic amines is 1. The van der Waals surface area contributed by atoms with Crippen molar-refractivity contribution in [1.29, 1.82) is 0 Å². The van der Waals surface area contributed by atoms with Gasteiger partial charge in [-0.15, -0.1) is 0 Å². The van der Waals surface area contributed by atoms with E-state index in [1.54, 1.807) is 31.2 Å². The fourth-order valence-corrected chi connectivity index (χ4v) is 1.60. The number of rotatable bonds is 3. The van der Waals surface area contributed by atoms with E-state index in [1.807, 2.05) is 0 Å². The Morgan fingerprint density at radius 1 is 1.35 bits per heavy atom. The van der Waals surface area contributed by atoms with Gasteiger partial charge in [0, 0.05) is 10.9 Å². The average Bonchev–Trinajstić information content (AvgIpc) is 2.71. The lowest BCUT2D eigenvalue weighted by molar-refractivity contribution is 0.0526. The molecule has 1 aromatic carbocycles. The maximum atomic E-state index is 11.5. The lowest BCUT2D eigenvalue weighted by Crippen LogP contribution is -2.10. The molecule has 0 aliphatic heterocycles. The molecule has 88 valence electrons. The van der Waals surface area contributed by atoms with E-state index in [0.717, 1.165) is 5.39 Å². The summed E-state index contributed by atoms with van der Waals surface area (Å²) in [6.07, 6.45) is 0. The van der Waals surface area contributed by atoms with Crippen molar-refractivity contribution in [3.05, 3.63) is 35.5 Å². The number of H-pyrrole nitrogens is 1. The van der Waals surface area contributed by atoms with Crippen LogP contribution in [0.4, 0.5) is 0 Å². The second kappa shape index (κ2) is 4.29. The smallest absolute Gasteiger partial charge is 0.338 e. The number of ether oxygens (including phenoxy) is 1. The lowest BCUT2D eigenvalue weighted by atomic mass is 10.1. The van der Waals surface area contributed by atoms with Crippen LogP contribution in [0.5, 0.6) is 0 Å². The van der Waals surface area contributed by atoms with E-state index in [1.165, 1.54) is 0 Å². The van der Waals surface area contributed by atoms with Crippen molar-refractivity contribution < 1.29 is 14.3 Å². The highest BCUT2D eigenvalue weighted by molar-refractivity contribution is 5.99. The molecular weight excluding hydrogens is 220 g/mol. The van der Waals surface area contributed by atoms with Gasteiger partial charge < -0.3 is 15.5 Å². The van der Waals surface area contributed by atoms with Gasteiger partial charge in [0.05, 0.1) is 12.2 Å². The van der Waals surface area contributed by atoms with Crippen molar-refractivity contribution in [2.45, 2.75) is 6.92 Å². The molecule has 1 amide bonds. The van der Waals surface area contributed by atoms with Gasteiger partial charge in [0.2, 0.25) is 0 Å². The van der Waals surface area contributed by atoms with Gasteiger partial charge in [-0.2, -0.15) is 0 Å². The molecule has 1 aromatic heterocycles. The van der Waals surface area contributed by atoms with E-state index in [-0.39, 0.29) is 5.97 Å². The Morgan fingerprint density at radius 3 is 2.76 bits per heavy atom. The van der Waals surface area contributed by atoms with Crippen molar-refractivity contribution in [2.24, 2.45) is 5.73 Å². The van der Waals surface area contributed by atoms with Gasteiger partial charge in [-0.05, 0) is 25.1 Å². The monoisotopic (exact) mass is 232 g/mol. The normalized spacial score (nSPS) is 10.4. The first-order chi connectivity index (χ1) is 8.11. The summed E-state index contributed by atoms with van der Waals surface area (Å²) in [6.45, 7) is 2.07. The maximum Gasteiger partial charge on any atom is 0.338 e. The molecule has 0 spiro atoms. The van der Waals surface area contributed by atoms with E-state index >= 15 is 0 Å².